The van der Waals surface area contributed by atoms with Crippen LogP contribution < -0.4 is 0 Å². The maximum atomic E-state index is 12.3. The Bertz CT molecular complexity index is 941. The van der Waals surface area contributed by atoms with Crippen LogP contribution in [0.5, 0.6) is 0 Å². The predicted molar refractivity (Wildman–Crippen MR) is 107 cm³/mol. The minimum absolute atomic E-state index is 0.168. The number of rotatable bonds is 6. The van der Waals surface area contributed by atoms with Gasteiger partial charge in [-0.05, 0) is 41.7 Å². The van der Waals surface area contributed by atoms with E-state index in [1.165, 1.54) is 5.56 Å². The molecule has 3 aromatic rings. The summed E-state index contributed by atoms with van der Waals surface area (Å²) in [5, 5.41) is 0. The average molecular weight is 358 g/mol. The van der Waals surface area contributed by atoms with E-state index < -0.39 is 5.97 Å². The topological polar surface area (TPSA) is 43.4 Å². The van der Waals surface area contributed by atoms with Crippen LogP contribution in [0.15, 0.2) is 72.8 Å². The number of carbonyl (C=O) groups excluding carboxylic acids is 2. The second-order valence-corrected chi connectivity index (χ2v) is 6.62. The maximum absolute atomic E-state index is 12.3. The van der Waals surface area contributed by atoms with Gasteiger partial charge in [-0.2, -0.15) is 0 Å². The molecule has 3 rings (SSSR count). The number of aryl methyl sites for hydroxylation is 2. The van der Waals surface area contributed by atoms with Gasteiger partial charge in [0.25, 0.3) is 0 Å². The van der Waals surface area contributed by atoms with E-state index in [1.807, 2.05) is 74.5 Å². The number of ether oxygens (including phenoxy) is 1. The molecular formula is C24H22O3. The van der Waals surface area contributed by atoms with Crippen LogP contribution in [0.3, 0.4) is 0 Å². The lowest BCUT2D eigenvalue weighted by molar-refractivity contribution is -0.141. The molecule has 0 atom stereocenters. The van der Waals surface area contributed by atoms with Crippen LogP contribution in [0.25, 0.3) is 11.1 Å². The number of carbonyl (C=O) groups is 2. The Hall–Kier alpha value is -3.20. The van der Waals surface area contributed by atoms with Crippen LogP contribution in [0.1, 0.15) is 27.0 Å². The smallest absolute Gasteiger partial charge is 0.310 e. The number of hydrogen-bond donors (Lipinski definition) is 0. The van der Waals surface area contributed by atoms with E-state index in [4.69, 9.17) is 4.74 Å². The molecule has 0 amide bonds. The van der Waals surface area contributed by atoms with E-state index in [9.17, 15) is 9.59 Å². The molecule has 0 aliphatic carbocycles. The highest BCUT2D eigenvalue weighted by molar-refractivity contribution is 5.98. The van der Waals surface area contributed by atoms with Crippen molar-refractivity contribution in [3.63, 3.8) is 0 Å². The Kier molecular flexibility index (Phi) is 5.82. The zero-order valence-electron chi connectivity index (χ0n) is 15.6. The Morgan fingerprint density at radius 2 is 1.44 bits per heavy atom. The van der Waals surface area contributed by atoms with Crippen LogP contribution in [-0.4, -0.2) is 18.4 Å². The van der Waals surface area contributed by atoms with E-state index in [0.717, 1.165) is 22.3 Å². The lowest BCUT2D eigenvalue weighted by atomic mass is 10.0. The molecule has 0 aliphatic heterocycles. The highest BCUT2D eigenvalue weighted by Crippen LogP contribution is 2.19. The lowest BCUT2D eigenvalue weighted by Gasteiger charge is -2.07. The Morgan fingerprint density at radius 3 is 2.11 bits per heavy atom. The van der Waals surface area contributed by atoms with Crippen LogP contribution >= 0.6 is 0 Å². The van der Waals surface area contributed by atoms with E-state index >= 15 is 0 Å². The van der Waals surface area contributed by atoms with Gasteiger partial charge < -0.3 is 4.74 Å². The van der Waals surface area contributed by atoms with Crippen molar-refractivity contribution in [1.29, 1.82) is 0 Å². The fraction of sp³-hybridized carbons (Fsp3) is 0.167. The second-order valence-electron chi connectivity index (χ2n) is 6.62. The summed E-state index contributed by atoms with van der Waals surface area (Å²) in [7, 11) is 0. The number of esters is 1. The predicted octanol–water partition coefficient (Wildman–Crippen LogP) is 4.94. The van der Waals surface area contributed by atoms with Crippen molar-refractivity contribution in [1.82, 2.24) is 0 Å². The summed E-state index contributed by atoms with van der Waals surface area (Å²) in [6.45, 7) is 3.79. The Labute approximate surface area is 159 Å². The molecule has 0 bridgehead atoms. The highest BCUT2D eigenvalue weighted by atomic mass is 16.5. The summed E-state index contributed by atoms with van der Waals surface area (Å²) in [5.41, 5.74) is 5.88. The normalized spacial score (nSPS) is 10.4. The summed E-state index contributed by atoms with van der Waals surface area (Å²) < 4.78 is 5.16. The van der Waals surface area contributed by atoms with Gasteiger partial charge in [-0.1, -0.05) is 72.8 Å². The molecular weight excluding hydrogens is 336 g/mol. The second kappa shape index (κ2) is 8.45. The number of ketones is 1. The van der Waals surface area contributed by atoms with Crippen LogP contribution in [0, 0.1) is 13.8 Å². The third-order valence-electron chi connectivity index (χ3n) is 4.60. The molecule has 3 aromatic carbocycles. The summed E-state index contributed by atoms with van der Waals surface area (Å²) in [6, 6.07) is 23.2. The molecule has 0 N–H and O–H groups in total. The van der Waals surface area contributed by atoms with Crippen molar-refractivity contribution in [3.8, 4) is 11.1 Å². The maximum Gasteiger partial charge on any atom is 0.310 e. The van der Waals surface area contributed by atoms with E-state index in [1.54, 1.807) is 12.1 Å². The minimum atomic E-state index is -0.396. The van der Waals surface area contributed by atoms with Crippen LogP contribution in [0.4, 0.5) is 0 Å². The fourth-order valence-electron chi connectivity index (χ4n) is 2.84. The standard InChI is InChI=1S/C24H22O3/c1-17-8-9-19(14-18(17)2)15-24(26)27-16-23(25)22-12-10-21(11-13-22)20-6-4-3-5-7-20/h3-14H,15-16H2,1-2H3. The number of Topliss-reactive ketones (excluding diaryl/α,β-unsaturated/α-hetero) is 1. The quantitative estimate of drug-likeness (QED) is 0.463. The SMILES string of the molecule is Cc1ccc(CC(=O)OCC(=O)c2ccc(-c3ccccc3)cc2)cc1C. The summed E-state index contributed by atoms with van der Waals surface area (Å²) in [4.78, 5) is 24.3. The molecule has 0 spiro atoms. The van der Waals surface area contributed by atoms with E-state index in [-0.39, 0.29) is 18.8 Å². The van der Waals surface area contributed by atoms with Gasteiger partial charge in [-0.3, -0.25) is 9.59 Å². The molecule has 0 unspecified atom stereocenters. The Balaban J connectivity index is 1.55. The lowest BCUT2D eigenvalue weighted by Crippen LogP contribution is -2.15. The molecule has 0 saturated carbocycles. The molecule has 27 heavy (non-hydrogen) atoms. The van der Waals surface area contributed by atoms with Crippen LogP contribution in [-0.2, 0) is 16.0 Å². The van der Waals surface area contributed by atoms with E-state index in [2.05, 4.69) is 0 Å². The first-order chi connectivity index (χ1) is 13.0. The van der Waals surface area contributed by atoms with E-state index in [0.29, 0.717) is 5.56 Å². The summed E-state index contributed by atoms with van der Waals surface area (Å²) >= 11 is 0. The van der Waals surface area contributed by atoms with Crippen LogP contribution in [0.2, 0.25) is 0 Å². The first-order valence-electron chi connectivity index (χ1n) is 8.93. The summed E-state index contributed by atoms with van der Waals surface area (Å²) in [5.74, 6) is -0.601. The molecule has 0 heterocycles. The van der Waals surface area contributed by atoms with Crippen molar-refractivity contribution in [2.75, 3.05) is 6.61 Å². The van der Waals surface area contributed by atoms with Crippen molar-refractivity contribution < 1.29 is 14.3 Å². The van der Waals surface area contributed by atoms with Gasteiger partial charge >= 0.3 is 5.97 Å². The zero-order valence-corrected chi connectivity index (χ0v) is 15.6. The van der Waals surface area contributed by atoms with Gasteiger partial charge in [0.15, 0.2) is 12.4 Å². The number of hydrogen-bond acceptors (Lipinski definition) is 3. The van der Waals surface area contributed by atoms with Crippen molar-refractivity contribution >= 4 is 11.8 Å². The van der Waals surface area contributed by atoms with Gasteiger partial charge in [-0.25, -0.2) is 0 Å². The highest BCUT2D eigenvalue weighted by Gasteiger charge is 2.11. The average Bonchev–Trinajstić information content (AvgIpc) is 2.70. The third-order valence-corrected chi connectivity index (χ3v) is 4.60. The molecule has 0 fully saturated rings. The fourth-order valence-corrected chi connectivity index (χ4v) is 2.84. The minimum Gasteiger partial charge on any atom is -0.457 e. The van der Waals surface area contributed by atoms with Gasteiger partial charge in [0.1, 0.15) is 0 Å². The van der Waals surface area contributed by atoms with Gasteiger partial charge in [0.2, 0.25) is 0 Å². The van der Waals surface area contributed by atoms with Crippen molar-refractivity contribution in [3.05, 3.63) is 95.1 Å². The third kappa shape index (κ3) is 4.91. The van der Waals surface area contributed by atoms with Gasteiger partial charge in [0, 0.05) is 5.56 Å². The molecule has 0 aromatic heterocycles. The molecule has 136 valence electrons. The first-order valence-corrected chi connectivity index (χ1v) is 8.93. The zero-order chi connectivity index (χ0) is 19.2. The molecule has 0 aliphatic rings. The first kappa shape index (κ1) is 18.6. The van der Waals surface area contributed by atoms with Gasteiger partial charge in [-0.15, -0.1) is 0 Å². The largest absolute Gasteiger partial charge is 0.457 e. The number of benzene rings is 3. The molecule has 3 heteroatoms. The van der Waals surface area contributed by atoms with Crippen molar-refractivity contribution in [2.24, 2.45) is 0 Å². The van der Waals surface area contributed by atoms with Gasteiger partial charge in [0.05, 0.1) is 6.42 Å². The van der Waals surface area contributed by atoms with Crippen molar-refractivity contribution in [2.45, 2.75) is 20.3 Å². The molecule has 0 saturated heterocycles. The molecule has 0 radical (unpaired) electrons. The monoisotopic (exact) mass is 358 g/mol. The summed E-state index contributed by atoms with van der Waals surface area (Å²) in [6.07, 6.45) is 0.168. The molecule has 3 nitrogen and oxygen atoms in total. The Morgan fingerprint density at radius 1 is 0.778 bits per heavy atom.